The summed E-state index contributed by atoms with van der Waals surface area (Å²) in [6, 6.07) is 15.2. The van der Waals surface area contributed by atoms with Gasteiger partial charge < -0.3 is 19.4 Å². The van der Waals surface area contributed by atoms with Crippen molar-refractivity contribution in [3.05, 3.63) is 77.9 Å². The van der Waals surface area contributed by atoms with E-state index in [4.69, 9.17) is 9.47 Å². The summed E-state index contributed by atoms with van der Waals surface area (Å²) < 4.78 is 13.0. The molecule has 1 N–H and O–H groups in total. The van der Waals surface area contributed by atoms with Gasteiger partial charge in [0.15, 0.2) is 0 Å². The Kier molecular flexibility index (Phi) is 5.02. The van der Waals surface area contributed by atoms with E-state index >= 15 is 0 Å². The van der Waals surface area contributed by atoms with Crippen LogP contribution in [0, 0.1) is 5.92 Å². The minimum atomic E-state index is -0.351. The quantitative estimate of drug-likeness (QED) is 0.743. The van der Waals surface area contributed by atoms with Gasteiger partial charge in [-0.05, 0) is 35.7 Å². The number of carbonyl (C=O) groups excluding carboxylic acids is 1. The van der Waals surface area contributed by atoms with Crippen LogP contribution in [0.25, 0.3) is 0 Å². The molecule has 0 saturated heterocycles. The molecule has 2 heterocycles. The average molecular weight is 377 g/mol. The van der Waals surface area contributed by atoms with E-state index in [0.29, 0.717) is 13.0 Å². The number of carbonyl (C=O) groups is 1. The van der Waals surface area contributed by atoms with E-state index in [2.05, 4.69) is 10.3 Å². The molecule has 1 amide bonds. The zero-order valence-corrected chi connectivity index (χ0v) is 16.0. The molecule has 4 rings (SSSR count). The van der Waals surface area contributed by atoms with E-state index in [1.165, 1.54) is 0 Å². The summed E-state index contributed by atoms with van der Waals surface area (Å²) in [7, 11) is 3.55. The highest BCUT2D eigenvalue weighted by molar-refractivity contribution is 5.80. The van der Waals surface area contributed by atoms with Crippen LogP contribution in [0.2, 0.25) is 0 Å². The van der Waals surface area contributed by atoms with Crippen molar-refractivity contribution in [3.63, 3.8) is 0 Å². The van der Waals surface area contributed by atoms with E-state index in [9.17, 15) is 4.79 Å². The number of nitrogens with one attached hydrogen (secondary N) is 1. The zero-order chi connectivity index (χ0) is 19.5. The van der Waals surface area contributed by atoms with Gasteiger partial charge in [0.1, 0.15) is 30.0 Å². The second-order valence-corrected chi connectivity index (χ2v) is 6.93. The van der Waals surface area contributed by atoms with Gasteiger partial charge in [-0.25, -0.2) is 4.98 Å². The lowest BCUT2D eigenvalue weighted by Crippen LogP contribution is -2.40. The molecular weight excluding hydrogens is 354 g/mol. The zero-order valence-electron chi connectivity index (χ0n) is 16.0. The first kappa shape index (κ1) is 18.1. The number of imidazole rings is 1. The van der Waals surface area contributed by atoms with Gasteiger partial charge in [-0.2, -0.15) is 0 Å². The van der Waals surface area contributed by atoms with E-state index < -0.39 is 0 Å². The van der Waals surface area contributed by atoms with Crippen molar-refractivity contribution in [3.8, 4) is 11.5 Å². The van der Waals surface area contributed by atoms with Crippen molar-refractivity contribution in [1.29, 1.82) is 0 Å². The van der Waals surface area contributed by atoms with Crippen LogP contribution >= 0.6 is 0 Å². The molecule has 1 aliphatic heterocycles. The fraction of sp³-hybridized carbons (Fsp3) is 0.273. The van der Waals surface area contributed by atoms with Crippen LogP contribution in [0.1, 0.15) is 23.0 Å². The van der Waals surface area contributed by atoms with Crippen molar-refractivity contribution in [1.82, 2.24) is 14.9 Å². The minimum absolute atomic E-state index is 0.0432. The monoisotopic (exact) mass is 377 g/mol. The Morgan fingerprint density at radius 1 is 1.25 bits per heavy atom. The number of fused-ring (bicyclic) bond motifs is 1. The molecule has 3 aromatic rings. The van der Waals surface area contributed by atoms with Gasteiger partial charge in [-0.3, -0.25) is 4.79 Å². The second kappa shape index (κ2) is 7.76. The molecule has 6 nitrogen and oxygen atoms in total. The highest BCUT2D eigenvalue weighted by Crippen LogP contribution is 2.28. The van der Waals surface area contributed by atoms with Crippen molar-refractivity contribution < 1.29 is 14.3 Å². The molecule has 1 aromatic heterocycles. The summed E-state index contributed by atoms with van der Waals surface area (Å²) >= 11 is 0. The molecule has 1 aliphatic rings. The third-order valence-corrected chi connectivity index (χ3v) is 5.10. The average Bonchev–Trinajstić information content (AvgIpc) is 3.17. The standard InChI is InChI=1S/C22H23N3O3/c1-25-12-11-23-21(25)20(15-7-9-18(27-2)10-8-15)24-22(26)17-13-16-5-3-4-6-19(16)28-14-17/h3-12,17,20H,13-14H2,1-2H3,(H,24,26)/t17-,20+/m0/s1. The summed E-state index contributed by atoms with van der Waals surface area (Å²) in [6.07, 6.45) is 4.27. The number of benzene rings is 2. The molecule has 0 fully saturated rings. The fourth-order valence-corrected chi connectivity index (χ4v) is 3.51. The third-order valence-electron chi connectivity index (χ3n) is 5.10. The number of amides is 1. The van der Waals surface area contributed by atoms with Gasteiger partial charge in [0.25, 0.3) is 0 Å². The smallest absolute Gasteiger partial charge is 0.227 e. The second-order valence-electron chi connectivity index (χ2n) is 6.93. The van der Waals surface area contributed by atoms with E-state index in [0.717, 1.165) is 28.5 Å². The Morgan fingerprint density at radius 3 is 2.75 bits per heavy atom. The number of hydrogen-bond donors (Lipinski definition) is 1. The maximum atomic E-state index is 13.1. The van der Waals surface area contributed by atoms with Crippen molar-refractivity contribution >= 4 is 5.91 Å². The number of aryl methyl sites for hydroxylation is 1. The highest BCUT2D eigenvalue weighted by atomic mass is 16.5. The maximum Gasteiger partial charge on any atom is 0.227 e. The van der Waals surface area contributed by atoms with Gasteiger partial charge in [-0.1, -0.05) is 30.3 Å². The van der Waals surface area contributed by atoms with Crippen molar-refractivity contribution in [2.45, 2.75) is 12.5 Å². The Hall–Kier alpha value is -3.28. The molecule has 2 atom stereocenters. The minimum Gasteiger partial charge on any atom is -0.497 e. The lowest BCUT2D eigenvalue weighted by atomic mass is 9.95. The summed E-state index contributed by atoms with van der Waals surface area (Å²) in [6.45, 7) is 0.374. The largest absolute Gasteiger partial charge is 0.497 e. The van der Waals surface area contributed by atoms with Crippen LogP contribution in [-0.2, 0) is 18.3 Å². The topological polar surface area (TPSA) is 65.4 Å². The van der Waals surface area contributed by atoms with Gasteiger partial charge >= 0.3 is 0 Å². The Bertz CT molecular complexity index is 965. The Balaban J connectivity index is 1.57. The highest BCUT2D eigenvalue weighted by Gasteiger charge is 2.29. The summed E-state index contributed by atoms with van der Waals surface area (Å²) in [5, 5.41) is 3.17. The normalized spacial score (nSPS) is 16.6. The van der Waals surface area contributed by atoms with Crippen LogP contribution in [0.15, 0.2) is 60.9 Å². The Morgan fingerprint density at radius 2 is 2.04 bits per heavy atom. The number of nitrogens with zero attached hydrogens (tertiary/aromatic N) is 2. The lowest BCUT2D eigenvalue weighted by molar-refractivity contribution is -0.126. The predicted octanol–water partition coefficient (Wildman–Crippen LogP) is 2.89. The van der Waals surface area contributed by atoms with E-state index in [-0.39, 0.29) is 17.9 Å². The molecule has 0 radical (unpaired) electrons. The summed E-state index contributed by atoms with van der Waals surface area (Å²) in [5.74, 6) is 2.12. The van der Waals surface area contributed by atoms with Crippen molar-refractivity contribution in [2.24, 2.45) is 13.0 Å². The SMILES string of the molecule is COc1ccc([C@@H](NC(=O)[C@@H]2COc3ccccc3C2)c2nccn2C)cc1. The number of hydrogen-bond acceptors (Lipinski definition) is 4. The van der Waals surface area contributed by atoms with Gasteiger partial charge in [0.05, 0.1) is 13.0 Å². The van der Waals surface area contributed by atoms with Crippen LogP contribution in [-0.4, -0.2) is 29.2 Å². The van der Waals surface area contributed by atoms with Crippen LogP contribution in [0.3, 0.4) is 0 Å². The molecule has 2 aromatic carbocycles. The third kappa shape index (κ3) is 3.58. The molecule has 0 unspecified atom stereocenters. The van der Waals surface area contributed by atoms with Crippen LogP contribution < -0.4 is 14.8 Å². The molecule has 0 aliphatic carbocycles. The lowest BCUT2D eigenvalue weighted by Gasteiger charge is -2.27. The van der Waals surface area contributed by atoms with E-state index in [1.807, 2.05) is 66.3 Å². The first-order valence-corrected chi connectivity index (χ1v) is 9.28. The molecular formula is C22H23N3O3. The summed E-state index contributed by atoms with van der Waals surface area (Å²) in [5.41, 5.74) is 2.01. The molecule has 28 heavy (non-hydrogen) atoms. The van der Waals surface area contributed by atoms with Gasteiger partial charge in [0, 0.05) is 19.4 Å². The van der Waals surface area contributed by atoms with Crippen molar-refractivity contribution in [2.75, 3.05) is 13.7 Å². The van der Waals surface area contributed by atoms with Crippen LogP contribution in [0.5, 0.6) is 11.5 Å². The first-order chi connectivity index (χ1) is 13.7. The molecule has 0 bridgehead atoms. The number of ether oxygens (including phenoxy) is 2. The van der Waals surface area contributed by atoms with Gasteiger partial charge in [0.2, 0.25) is 5.91 Å². The Labute approximate surface area is 164 Å². The summed E-state index contributed by atoms with van der Waals surface area (Å²) in [4.78, 5) is 17.5. The number of rotatable bonds is 5. The molecule has 144 valence electrons. The van der Waals surface area contributed by atoms with Crippen LogP contribution in [0.4, 0.5) is 0 Å². The first-order valence-electron chi connectivity index (χ1n) is 9.28. The van der Waals surface area contributed by atoms with Gasteiger partial charge in [-0.15, -0.1) is 0 Å². The van der Waals surface area contributed by atoms with E-state index in [1.54, 1.807) is 13.3 Å². The fourth-order valence-electron chi connectivity index (χ4n) is 3.51. The molecule has 6 heteroatoms. The molecule has 0 spiro atoms. The number of methoxy groups -OCH3 is 1. The predicted molar refractivity (Wildman–Crippen MR) is 105 cm³/mol. The molecule has 0 saturated carbocycles. The maximum absolute atomic E-state index is 13.1. The number of para-hydroxylation sites is 1. The number of aromatic nitrogens is 2.